The number of carbonyl (C=O) groups excluding carboxylic acids is 1. The molecule has 0 aromatic heterocycles. The first-order valence-corrected chi connectivity index (χ1v) is 4.35. The number of hydrogen-bond acceptors (Lipinski definition) is 1. The molecular formula is C7H2F14O2. The van der Waals surface area contributed by atoms with Crippen molar-refractivity contribution >= 4 is 6.04 Å². The molecule has 16 heteroatoms. The van der Waals surface area contributed by atoms with Crippen LogP contribution in [0.4, 0.5) is 61.5 Å². The van der Waals surface area contributed by atoms with E-state index >= 15 is 0 Å². The first-order valence-electron chi connectivity index (χ1n) is 4.35. The molecule has 23 heavy (non-hydrogen) atoms. The Morgan fingerprint density at radius 1 is 0.522 bits per heavy atom. The summed E-state index contributed by atoms with van der Waals surface area (Å²) in [6.07, 6.45) is -7.55. The molecule has 0 spiro atoms. The molecule has 0 radical (unpaired) electrons. The monoisotopic (exact) mass is 384 g/mol. The van der Waals surface area contributed by atoms with E-state index in [2.05, 4.69) is 0 Å². The Hall–Kier alpha value is -1.35. The van der Waals surface area contributed by atoms with E-state index < -0.39 is 41.8 Å². The molecule has 0 bridgehead atoms. The first kappa shape index (κ1) is 23.9. The van der Waals surface area contributed by atoms with Crippen LogP contribution in [0.1, 0.15) is 0 Å². The molecular weight excluding hydrogens is 382 g/mol. The van der Waals surface area contributed by atoms with Crippen molar-refractivity contribution in [2.24, 2.45) is 0 Å². The van der Waals surface area contributed by atoms with Gasteiger partial charge in [0.25, 0.3) is 0 Å². The van der Waals surface area contributed by atoms with Crippen LogP contribution in [0.3, 0.4) is 0 Å². The smallest absolute Gasteiger partial charge is 0.412 e. The van der Waals surface area contributed by atoms with Crippen molar-refractivity contribution < 1.29 is 71.7 Å². The van der Waals surface area contributed by atoms with Gasteiger partial charge in [0.15, 0.2) is 0 Å². The summed E-state index contributed by atoms with van der Waals surface area (Å²) in [6.45, 7) is 0. The molecule has 2 nitrogen and oxygen atoms in total. The number of rotatable bonds is 5. The van der Waals surface area contributed by atoms with Crippen LogP contribution < -0.4 is 0 Å². The Morgan fingerprint density at radius 2 is 0.783 bits per heavy atom. The molecule has 140 valence electrons. The lowest BCUT2D eigenvalue weighted by atomic mass is 9.94. The number of alkyl halides is 13. The van der Waals surface area contributed by atoms with E-state index in [-0.39, 0.29) is 5.48 Å². The molecule has 0 rings (SSSR count). The highest BCUT2D eigenvalue weighted by atomic mass is 19.4. The van der Waals surface area contributed by atoms with E-state index in [1.165, 1.54) is 0 Å². The maximum absolute atomic E-state index is 12.6. The fraction of sp³-hybridized carbons (Fsp3) is 0.857. The van der Waals surface area contributed by atoms with Crippen LogP contribution in [-0.4, -0.2) is 47.3 Å². The van der Waals surface area contributed by atoms with E-state index in [1.807, 2.05) is 0 Å². The average Bonchev–Trinajstić information content (AvgIpc) is 2.25. The van der Waals surface area contributed by atoms with Gasteiger partial charge < -0.3 is 5.48 Å². The molecule has 0 saturated carbocycles. The van der Waals surface area contributed by atoms with Gasteiger partial charge in [-0.1, -0.05) is 0 Å². The fourth-order valence-corrected chi connectivity index (χ4v) is 0.893. The van der Waals surface area contributed by atoms with Crippen LogP contribution in [-0.2, 0) is 4.79 Å². The zero-order valence-corrected chi connectivity index (χ0v) is 9.70. The lowest BCUT2D eigenvalue weighted by Gasteiger charge is -2.38. The third-order valence-corrected chi connectivity index (χ3v) is 2.18. The summed E-state index contributed by atoms with van der Waals surface area (Å²) in [5.41, 5.74) is 0. The van der Waals surface area contributed by atoms with Crippen molar-refractivity contribution in [2.75, 3.05) is 0 Å². The van der Waals surface area contributed by atoms with Gasteiger partial charge >= 0.3 is 41.8 Å². The van der Waals surface area contributed by atoms with Crippen LogP contribution >= 0.6 is 0 Å². The highest BCUT2D eigenvalue weighted by Crippen LogP contribution is 2.60. The van der Waals surface area contributed by atoms with Gasteiger partial charge in [0.1, 0.15) is 0 Å². The summed E-state index contributed by atoms with van der Waals surface area (Å²) in [6, 6.07) is -4.65. The van der Waals surface area contributed by atoms with E-state index in [0.717, 1.165) is 0 Å². The minimum atomic E-state index is -8.15. The maximum atomic E-state index is 12.6. The van der Waals surface area contributed by atoms with E-state index in [1.54, 1.807) is 0 Å². The van der Waals surface area contributed by atoms with Crippen molar-refractivity contribution in [3.8, 4) is 0 Å². The van der Waals surface area contributed by atoms with Gasteiger partial charge in [0, 0.05) is 0 Å². The van der Waals surface area contributed by atoms with Crippen molar-refractivity contribution in [1.29, 1.82) is 0 Å². The minimum Gasteiger partial charge on any atom is -0.412 e. The summed E-state index contributed by atoms with van der Waals surface area (Å²) in [7, 11) is 0. The van der Waals surface area contributed by atoms with Gasteiger partial charge in [-0.05, 0) is 0 Å². The lowest BCUT2D eigenvalue weighted by molar-refractivity contribution is -0.436. The van der Waals surface area contributed by atoms with Crippen molar-refractivity contribution in [2.45, 2.75) is 35.8 Å². The SMILES string of the molecule is O.O=C(F)C(F)(F)C(F)(F)C(F)(F)C(F)(F)C(F)(F)C(F)(F)F. The molecule has 0 aliphatic carbocycles. The van der Waals surface area contributed by atoms with Gasteiger partial charge in [0.2, 0.25) is 0 Å². The highest BCUT2D eigenvalue weighted by molar-refractivity contribution is 5.78. The Morgan fingerprint density at radius 3 is 1.00 bits per heavy atom. The number of carbonyl (C=O) groups is 1. The largest absolute Gasteiger partial charge is 0.460 e. The topological polar surface area (TPSA) is 48.6 Å². The van der Waals surface area contributed by atoms with E-state index in [9.17, 15) is 66.3 Å². The second-order valence-electron chi connectivity index (χ2n) is 3.64. The zero-order chi connectivity index (χ0) is 18.6. The Kier molecular flexibility index (Phi) is 5.85. The fourth-order valence-electron chi connectivity index (χ4n) is 0.893. The second kappa shape index (κ2) is 5.62. The molecule has 0 aliphatic heterocycles. The summed E-state index contributed by atoms with van der Waals surface area (Å²) in [4.78, 5) is 9.45. The molecule has 0 fully saturated rings. The minimum absolute atomic E-state index is 0. The van der Waals surface area contributed by atoms with Crippen LogP contribution in [0.5, 0.6) is 0 Å². The van der Waals surface area contributed by atoms with E-state index in [4.69, 9.17) is 0 Å². The highest BCUT2D eigenvalue weighted by Gasteiger charge is 2.91. The van der Waals surface area contributed by atoms with Crippen molar-refractivity contribution in [3.63, 3.8) is 0 Å². The molecule has 2 N–H and O–H groups in total. The Labute approximate surface area is 115 Å². The predicted octanol–water partition coefficient (Wildman–Crippen LogP) is 3.40. The molecule has 0 saturated heterocycles. The van der Waals surface area contributed by atoms with Gasteiger partial charge in [-0.3, -0.25) is 4.79 Å². The zero-order valence-electron chi connectivity index (χ0n) is 9.70. The maximum Gasteiger partial charge on any atom is 0.460 e. The van der Waals surface area contributed by atoms with Gasteiger partial charge in [0.05, 0.1) is 0 Å². The molecule has 0 atom stereocenters. The predicted molar refractivity (Wildman–Crippen MR) is 40.5 cm³/mol. The third-order valence-electron chi connectivity index (χ3n) is 2.18. The molecule has 0 aromatic rings. The summed E-state index contributed by atoms with van der Waals surface area (Å²) >= 11 is 0. The molecule has 0 aliphatic rings. The Bertz CT molecular complexity index is 449. The van der Waals surface area contributed by atoms with Crippen molar-refractivity contribution in [3.05, 3.63) is 0 Å². The molecule has 0 amide bonds. The van der Waals surface area contributed by atoms with Crippen LogP contribution in [0.25, 0.3) is 0 Å². The van der Waals surface area contributed by atoms with Crippen LogP contribution in [0.15, 0.2) is 0 Å². The van der Waals surface area contributed by atoms with Gasteiger partial charge in [-0.15, -0.1) is 0 Å². The lowest BCUT2D eigenvalue weighted by Crippen LogP contribution is -2.70. The van der Waals surface area contributed by atoms with Gasteiger partial charge in [-0.25, -0.2) is 0 Å². The quantitative estimate of drug-likeness (QED) is 0.530. The third kappa shape index (κ3) is 2.91. The van der Waals surface area contributed by atoms with E-state index in [0.29, 0.717) is 0 Å². The second-order valence-corrected chi connectivity index (χ2v) is 3.64. The first-order chi connectivity index (χ1) is 9.19. The standard InChI is InChI=1S/C7F14O.H2O/c8-1(22)2(9,10)3(11,12)4(13,14)5(15,16)6(17,18)7(19,20)21;/h;1H2. The molecule has 0 unspecified atom stereocenters. The average molecular weight is 384 g/mol. The summed E-state index contributed by atoms with van der Waals surface area (Å²) < 4.78 is 170. The Balaban J connectivity index is 0. The summed E-state index contributed by atoms with van der Waals surface area (Å²) in [5, 5.41) is 0. The molecule has 0 heterocycles. The van der Waals surface area contributed by atoms with Gasteiger partial charge in [-0.2, -0.15) is 61.5 Å². The van der Waals surface area contributed by atoms with Crippen molar-refractivity contribution in [1.82, 2.24) is 0 Å². The normalized spacial score (nSPS) is 15.2. The number of hydrogen-bond donors (Lipinski definition) is 0. The summed E-state index contributed by atoms with van der Waals surface area (Å²) in [5.74, 6) is -39.4. The number of halogens is 14. The molecule has 0 aromatic carbocycles. The van der Waals surface area contributed by atoms with Crippen LogP contribution in [0.2, 0.25) is 0 Å². The van der Waals surface area contributed by atoms with Crippen LogP contribution in [0, 0.1) is 0 Å².